The molecule has 0 saturated heterocycles. The third kappa shape index (κ3) is 4.74. The van der Waals surface area contributed by atoms with Gasteiger partial charge in [-0.1, -0.05) is 35.2 Å². The predicted octanol–water partition coefficient (Wildman–Crippen LogP) is 3.73. The molecule has 15 heavy (non-hydrogen) atoms. The number of rotatable bonds is 1. The van der Waals surface area contributed by atoms with Crippen molar-refractivity contribution in [3.05, 3.63) is 33.3 Å². The average Bonchev–Trinajstić information content (AvgIpc) is 2.18. The molecule has 0 aliphatic heterocycles. The fourth-order valence-corrected chi connectivity index (χ4v) is 1.62. The van der Waals surface area contributed by atoms with Gasteiger partial charge in [-0.2, -0.15) is 0 Å². The van der Waals surface area contributed by atoms with Gasteiger partial charge in [-0.15, -0.1) is 0 Å². The van der Waals surface area contributed by atoms with E-state index in [0.29, 0.717) is 10.8 Å². The van der Waals surface area contributed by atoms with Crippen molar-refractivity contribution in [2.75, 3.05) is 5.75 Å². The van der Waals surface area contributed by atoms with Crippen molar-refractivity contribution in [1.29, 1.82) is 0 Å². The third-order valence-corrected chi connectivity index (χ3v) is 3.43. The van der Waals surface area contributed by atoms with Gasteiger partial charge in [0.2, 0.25) is 0 Å². The Labute approximate surface area is 107 Å². The summed E-state index contributed by atoms with van der Waals surface area (Å²) in [5.74, 6) is 6.35. The zero-order chi connectivity index (χ0) is 11.3. The van der Waals surface area contributed by atoms with E-state index < -0.39 is 0 Å². The van der Waals surface area contributed by atoms with Crippen molar-refractivity contribution in [2.45, 2.75) is 6.92 Å². The Hall–Kier alpha value is -0.430. The van der Waals surface area contributed by atoms with Crippen LogP contribution in [0.5, 0.6) is 0 Å². The van der Waals surface area contributed by atoms with Crippen LogP contribution in [0.2, 0.25) is 5.02 Å². The minimum absolute atomic E-state index is 0.0816. The number of hydrogen-bond acceptors (Lipinski definition) is 2. The van der Waals surface area contributed by atoms with Gasteiger partial charge in [0.15, 0.2) is 5.12 Å². The largest absolute Gasteiger partial charge is 0.288 e. The topological polar surface area (TPSA) is 17.1 Å². The van der Waals surface area contributed by atoms with Gasteiger partial charge in [-0.3, -0.25) is 4.79 Å². The van der Waals surface area contributed by atoms with E-state index >= 15 is 0 Å². The Morgan fingerprint density at radius 2 is 2.33 bits per heavy atom. The van der Waals surface area contributed by atoms with Crippen LogP contribution < -0.4 is 0 Å². The molecule has 0 bridgehead atoms. The smallest absolute Gasteiger partial charge is 0.186 e. The zero-order valence-corrected chi connectivity index (χ0v) is 11.2. The normalized spacial score (nSPS) is 9.27. The zero-order valence-electron chi connectivity index (χ0n) is 8.01. The number of halogens is 2. The maximum atomic E-state index is 10.6. The first kappa shape index (κ1) is 12.6. The second-order valence-corrected chi connectivity index (χ2v) is 5.12. The molecule has 1 aromatic carbocycles. The van der Waals surface area contributed by atoms with Crippen molar-refractivity contribution in [2.24, 2.45) is 0 Å². The minimum Gasteiger partial charge on any atom is -0.288 e. The van der Waals surface area contributed by atoms with Crippen LogP contribution in [-0.2, 0) is 4.79 Å². The highest BCUT2D eigenvalue weighted by atomic mass is 79.9. The molecule has 1 rings (SSSR count). The van der Waals surface area contributed by atoms with Crippen LogP contribution >= 0.6 is 39.3 Å². The Bertz CT molecular complexity index is 434. The monoisotopic (exact) mass is 302 g/mol. The van der Waals surface area contributed by atoms with Gasteiger partial charge in [0.05, 0.1) is 10.8 Å². The summed E-state index contributed by atoms with van der Waals surface area (Å²) >= 11 is 10.4. The third-order valence-electron chi connectivity index (χ3n) is 1.50. The van der Waals surface area contributed by atoms with Crippen molar-refractivity contribution >= 4 is 44.4 Å². The van der Waals surface area contributed by atoms with E-state index in [1.807, 2.05) is 12.1 Å². The lowest BCUT2D eigenvalue weighted by Crippen LogP contribution is -1.82. The van der Waals surface area contributed by atoms with Gasteiger partial charge in [0.25, 0.3) is 0 Å². The maximum Gasteiger partial charge on any atom is 0.186 e. The van der Waals surface area contributed by atoms with Crippen LogP contribution in [0.15, 0.2) is 22.7 Å². The first-order valence-corrected chi connectivity index (χ1v) is 6.32. The fraction of sp³-hybridized carbons (Fsp3) is 0.182. The molecule has 0 aliphatic rings. The summed E-state index contributed by atoms with van der Waals surface area (Å²) in [7, 11) is 0. The molecule has 0 heterocycles. The Morgan fingerprint density at radius 3 is 2.93 bits per heavy atom. The second kappa shape index (κ2) is 6.22. The Kier molecular flexibility index (Phi) is 5.24. The van der Waals surface area contributed by atoms with Crippen molar-refractivity contribution in [3.63, 3.8) is 0 Å². The van der Waals surface area contributed by atoms with E-state index in [0.717, 1.165) is 10.0 Å². The molecule has 0 saturated carbocycles. The summed E-state index contributed by atoms with van der Waals surface area (Å²) < 4.78 is 0.854. The highest BCUT2D eigenvalue weighted by molar-refractivity contribution is 9.10. The van der Waals surface area contributed by atoms with Gasteiger partial charge in [-0.25, -0.2) is 0 Å². The van der Waals surface area contributed by atoms with Gasteiger partial charge in [-0.05, 0) is 34.1 Å². The lowest BCUT2D eigenvalue weighted by molar-refractivity contribution is -0.109. The van der Waals surface area contributed by atoms with E-state index in [1.165, 1.54) is 18.7 Å². The molecular formula is C11H8BrClOS. The molecule has 0 aromatic heterocycles. The summed E-state index contributed by atoms with van der Waals surface area (Å²) in [4.78, 5) is 10.6. The molecule has 78 valence electrons. The maximum absolute atomic E-state index is 10.6. The molecule has 0 radical (unpaired) electrons. The van der Waals surface area contributed by atoms with E-state index in [-0.39, 0.29) is 5.12 Å². The van der Waals surface area contributed by atoms with Gasteiger partial charge in [0.1, 0.15) is 0 Å². The van der Waals surface area contributed by atoms with E-state index in [9.17, 15) is 4.79 Å². The van der Waals surface area contributed by atoms with Crippen molar-refractivity contribution in [1.82, 2.24) is 0 Å². The van der Waals surface area contributed by atoms with Crippen LogP contribution in [0, 0.1) is 11.8 Å². The Balaban J connectivity index is 2.64. The van der Waals surface area contributed by atoms with Crippen molar-refractivity contribution in [3.8, 4) is 11.8 Å². The highest BCUT2D eigenvalue weighted by Gasteiger charge is 1.96. The summed E-state index contributed by atoms with van der Waals surface area (Å²) in [6, 6.07) is 5.52. The van der Waals surface area contributed by atoms with E-state index in [4.69, 9.17) is 11.6 Å². The first-order chi connectivity index (χ1) is 7.09. The van der Waals surface area contributed by atoms with Crippen molar-refractivity contribution < 1.29 is 4.79 Å². The molecule has 0 aliphatic carbocycles. The highest BCUT2D eigenvalue weighted by Crippen LogP contribution is 2.22. The molecule has 0 unspecified atom stereocenters. The van der Waals surface area contributed by atoms with Gasteiger partial charge >= 0.3 is 0 Å². The van der Waals surface area contributed by atoms with Crippen LogP contribution in [0.25, 0.3) is 0 Å². The Morgan fingerprint density at radius 1 is 1.60 bits per heavy atom. The second-order valence-electron chi connectivity index (χ2n) is 2.71. The minimum atomic E-state index is 0.0816. The SMILES string of the molecule is CC(=O)SCC#Cc1ccc(Br)c(Cl)c1. The lowest BCUT2D eigenvalue weighted by atomic mass is 10.2. The standard InChI is InChI=1S/C11H8BrClOS/c1-8(14)15-6-2-3-9-4-5-10(12)11(13)7-9/h4-5,7H,6H2,1H3. The average molecular weight is 304 g/mol. The summed E-state index contributed by atoms with van der Waals surface area (Å²) in [6.45, 7) is 1.53. The molecule has 0 N–H and O–H groups in total. The quantitative estimate of drug-likeness (QED) is 0.735. The number of carbonyl (C=O) groups is 1. The van der Waals surface area contributed by atoms with Gasteiger partial charge in [0, 0.05) is 17.0 Å². The molecule has 1 aromatic rings. The van der Waals surface area contributed by atoms with E-state index in [1.54, 1.807) is 6.07 Å². The molecule has 1 nitrogen and oxygen atoms in total. The number of benzene rings is 1. The number of carbonyl (C=O) groups excluding carboxylic acids is 1. The van der Waals surface area contributed by atoms with Gasteiger partial charge < -0.3 is 0 Å². The van der Waals surface area contributed by atoms with Crippen LogP contribution in [0.1, 0.15) is 12.5 Å². The molecular weight excluding hydrogens is 296 g/mol. The molecule has 4 heteroatoms. The lowest BCUT2D eigenvalue weighted by Gasteiger charge is -1.95. The molecule has 0 fully saturated rings. The van der Waals surface area contributed by atoms with Crippen LogP contribution in [0.3, 0.4) is 0 Å². The number of thioether (sulfide) groups is 1. The first-order valence-electron chi connectivity index (χ1n) is 4.17. The van der Waals surface area contributed by atoms with Crippen LogP contribution in [-0.4, -0.2) is 10.9 Å². The molecule has 0 atom stereocenters. The predicted molar refractivity (Wildman–Crippen MR) is 69.2 cm³/mol. The summed E-state index contributed by atoms with van der Waals surface area (Å²) in [5, 5.41) is 0.721. The molecule has 0 amide bonds. The van der Waals surface area contributed by atoms with E-state index in [2.05, 4.69) is 27.8 Å². The summed E-state index contributed by atoms with van der Waals surface area (Å²) in [6.07, 6.45) is 0. The fourth-order valence-electron chi connectivity index (χ4n) is 0.850. The molecule has 0 spiro atoms. The summed E-state index contributed by atoms with van der Waals surface area (Å²) in [5.41, 5.74) is 0.854. The van der Waals surface area contributed by atoms with Crippen LogP contribution in [0.4, 0.5) is 0 Å². The number of hydrogen-bond donors (Lipinski definition) is 0.